The number of sulfonamides is 1. The predicted molar refractivity (Wildman–Crippen MR) is 90.8 cm³/mol. The van der Waals surface area contributed by atoms with Crippen molar-refractivity contribution in [2.75, 3.05) is 5.32 Å². The Kier molecular flexibility index (Phi) is 4.12. The zero-order valence-electron chi connectivity index (χ0n) is 11.9. The summed E-state index contributed by atoms with van der Waals surface area (Å²) < 4.78 is 23.1. The van der Waals surface area contributed by atoms with Gasteiger partial charge in [-0.3, -0.25) is 10.1 Å². The molecule has 0 saturated carbocycles. The first-order chi connectivity index (χ1) is 10.9. The molecular weight excluding hydrogens is 334 g/mol. The number of carbonyl (C=O) groups excluding carboxylic acids is 1. The average Bonchev–Trinajstić information content (AvgIpc) is 2.88. The lowest BCUT2D eigenvalue weighted by Gasteiger charge is -2.03. The summed E-state index contributed by atoms with van der Waals surface area (Å²) in [6.45, 7) is 0. The van der Waals surface area contributed by atoms with Crippen molar-refractivity contribution in [3.05, 3.63) is 59.7 Å². The zero-order chi connectivity index (χ0) is 16.4. The number of nitrogens with zero attached hydrogens (tertiary/aromatic N) is 1. The molecule has 0 aliphatic rings. The van der Waals surface area contributed by atoms with Crippen LogP contribution in [-0.2, 0) is 15.8 Å². The quantitative estimate of drug-likeness (QED) is 0.756. The van der Waals surface area contributed by atoms with Gasteiger partial charge in [-0.25, -0.2) is 18.5 Å². The summed E-state index contributed by atoms with van der Waals surface area (Å²) in [5.41, 5.74) is 1.78. The molecule has 0 bridgehead atoms. The van der Waals surface area contributed by atoms with Crippen LogP contribution >= 0.6 is 11.3 Å². The summed E-state index contributed by atoms with van der Waals surface area (Å²) in [4.78, 5) is 16.5. The van der Waals surface area contributed by atoms with Crippen molar-refractivity contribution in [1.29, 1.82) is 0 Å². The fourth-order valence-electron chi connectivity index (χ4n) is 2.08. The standard InChI is InChI=1S/C15H13N3O3S2/c16-23(20,21)9-10-5-7-11(8-6-10)14(19)18-15-17-12-3-1-2-4-13(12)22-15/h1-8H,9H2,(H2,16,20,21)(H,17,18,19). The van der Waals surface area contributed by atoms with E-state index >= 15 is 0 Å². The van der Waals surface area contributed by atoms with E-state index in [1.54, 1.807) is 24.3 Å². The number of thiazole rings is 1. The van der Waals surface area contributed by atoms with Gasteiger partial charge >= 0.3 is 0 Å². The monoisotopic (exact) mass is 347 g/mol. The van der Waals surface area contributed by atoms with Crippen LogP contribution in [0.25, 0.3) is 10.2 Å². The molecule has 23 heavy (non-hydrogen) atoms. The SMILES string of the molecule is NS(=O)(=O)Cc1ccc(C(=O)Nc2nc3ccccc3s2)cc1. The molecule has 0 unspecified atom stereocenters. The number of benzene rings is 2. The fourth-order valence-corrected chi connectivity index (χ4v) is 3.60. The number of fused-ring (bicyclic) bond motifs is 1. The van der Waals surface area contributed by atoms with Gasteiger partial charge in [0.1, 0.15) is 0 Å². The highest BCUT2D eigenvalue weighted by atomic mass is 32.2. The van der Waals surface area contributed by atoms with Gasteiger partial charge in [-0.15, -0.1) is 0 Å². The van der Waals surface area contributed by atoms with E-state index in [2.05, 4.69) is 10.3 Å². The molecule has 3 N–H and O–H groups in total. The van der Waals surface area contributed by atoms with Crippen LogP contribution in [0.4, 0.5) is 5.13 Å². The largest absolute Gasteiger partial charge is 0.298 e. The van der Waals surface area contributed by atoms with Crippen LogP contribution in [0.15, 0.2) is 48.5 Å². The highest BCUT2D eigenvalue weighted by Gasteiger charge is 2.11. The Hall–Kier alpha value is -2.29. The highest BCUT2D eigenvalue weighted by molar-refractivity contribution is 7.88. The predicted octanol–water partition coefficient (Wildman–Crippen LogP) is 2.34. The first-order valence-corrected chi connectivity index (χ1v) is 9.20. The summed E-state index contributed by atoms with van der Waals surface area (Å²) in [6.07, 6.45) is 0. The number of aromatic nitrogens is 1. The van der Waals surface area contributed by atoms with Gasteiger partial charge in [0.15, 0.2) is 5.13 Å². The smallest absolute Gasteiger partial charge is 0.257 e. The maximum absolute atomic E-state index is 12.2. The second kappa shape index (κ2) is 6.07. The van der Waals surface area contributed by atoms with Gasteiger partial charge in [0.05, 0.1) is 16.0 Å². The van der Waals surface area contributed by atoms with Gasteiger partial charge in [0.25, 0.3) is 5.91 Å². The van der Waals surface area contributed by atoms with Gasteiger partial charge in [-0.05, 0) is 29.8 Å². The van der Waals surface area contributed by atoms with E-state index in [1.807, 2.05) is 24.3 Å². The average molecular weight is 347 g/mol. The molecule has 3 aromatic rings. The molecule has 0 aliphatic carbocycles. The number of nitrogens with one attached hydrogen (secondary N) is 1. The van der Waals surface area contributed by atoms with Crippen molar-refractivity contribution < 1.29 is 13.2 Å². The lowest BCUT2D eigenvalue weighted by atomic mass is 10.1. The Morgan fingerprint density at radius 3 is 2.48 bits per heavy atom. The number of carbonyl (C=O) groups is 1. The fraction of sp³-hybridized carbons (Fsp3) is 0.0667. The maximum atomic E-state index is 12.2. The van der Waals surface area contributed by atoms with Crippen molar-refractivity contribution in [1.82, 2.24) is 4.98 Å². The topological polar surface area (TPSA) is 102 Å². The van der Waals surface area contributed by atoms with Crippen LogP contribution in [0.1, 0.15) is 15.9 Å². The van der Waals surface area contributed by atoms with Crippen LogP contribution in [0, 0.1) is 0 Å². The van der Waals surface area contributed by atoms with E-state index in [9.17, 15) is 13.2 Å². The number of para-hydroxylation sites is 1. The Balaban J connectivity index is 1.75. The molecule has 0 spiro atoms. The minimum Gasteiger partial charge on any atom is -0.298 e. The van der Waals surface area contributed by atoms with Gasteiger partial charge in [-0.1, -0.05) is 35.6 Å². The molecule has 2 aromatic carbocycles. The number of hydrogen-bond donors (Lipinski definition) is 2. The molecule has 0 saturated heterocycles. The summed E-state index contributed by atoms with van der Waals surface area (Å²) in [7, 11) is -3.58. The number of anilines is 1. The van der Waals surface area contributed by atoms with E-state index in [4.69, 9.17) is 5.14 Å². The summed E-state index contributed by atoms with van der Waals surface area (Å²) in [5, 5.41) is 8.25. The lowest BCUT2D eigenvalue weighted by molar-refractivity contribution is 0.102. The summed E-state index contributed by atoms with van der Waals surface area (Å²) in [6, 6.07) is 13.9. The number of amides is 1. The third kappa shape index (κ3) is 3.92. The minimum atomic E-state index is -3.58. The van der Waals surface area contributed by atoms with E-state index < -0.39 is 10.0 Å². The molecule has 0 aliphatic heterocycles. The normalized spacial score (nSPS) is 11.5. The number of rotatable bonds is 4. The number of primary sulfonamides is 1. The zero-order valence-corrected chi connectivity index (χ0v) is 13.5. The van der Waals surface area contributed by atoms with Crippen LogP contribution in [0.2, 0.25) is 0 Å². The minimum absolute atomic E-state index is 0.257. The van der Waals surface area contributed by atoms with Gasteiger partial charge in [0.2, 0.25) is 10.0 Å². The van der Waals surface area contributed by atoms with Gasteiger partial charge in [-0.2, -0.15) is 0 Å². The first-order valence-electron chi connectivity index (χ1n) is 6.67. The molecule has 3 rings (SSSR count). The van der Waals surface area contributed by atoms with Crippen LogP contribution in [0.5, 0.6) is 0 Å². The molecule has 118 valence electrons. The molecule has 1 amide bonds. The maximum Gasteiger partial charge on any atom is 0.257 e. The lowest BCUT2D eigenvalue weighted by Crippen LogP contribution is -2.15. The Bertz CT molecular complexity index is 930. The second-order valence-corrected chi connectivity index (χ2v) is 7.59. The number of hydrogen-bond acceptors (Lipinski definition) is 5. The Morgan fingerprint density at radius 1 is 1.13 bits per heavy atom. The van der Waals surface area contributed by atoms with Crippen molar-refractivity contribution in [2.24, 2.45) is 5.14 Å². The number of nitrogens with two attached hydrogens (primary N) is 1. The van der Waals surface area contributed by atoms with E-state index in [-0.39, 0.29) is 11.7 Å². The van der Waals surface area contributed by atoms with Crippen LogP contribution < -0.4 is 10.5 Å². The summed E-state index contributed by atoms with van der Waals surface area (Å²) >= 11 is 1.39. The molecule has 8 heteroatoms. The highest BCUT2D eigenvalue weighted by Crippen LogP contribution is 2.25. The third-order valence-corrected chi connectivity index (χ3v) is 4.79. The van der Waals surface area contributed by atoms with Gasteiger partial charge < -0.3 is 0 Å². The molecule has 0 fully saturated rings. The van der Waals surface area contributed by atoms with Crippen LogP contribution in [0.3, 0.4) is 0 Å². The van der Waals surface area contributed by atoms with Crippen molar-refractivity contribution in [3.8, 4) is 0 Å². The molecule has 6 nitrogen and oxygen atoms in total. The van der Waals surface area contributed by atoms with Gasteiger partial charge in [0, 0.05) is 5.56 Å². The molecule has 1 heterocycles. The second-order valence-electron chi connectivity index (χ2n) is 4.94. The van der Waals surface area contributed by atoms with Crippen molar-refractivity contribution in [2.45, 2.75) is 5.75 Å². The van der Waals surface area contributed by atoms with Crippen molar-refractivity contribution in [3.63, 3.8) is 0 Å². The Morgan fingerprint density at radius 2 is 1.83 bits per heavy atom. The molecule has 0 radical (unpaired) electrons. The first kappa shape index (κ1) is 15.6. The Labute approximate surface area is 137 Å². The summed E-state index contributed by atoms with van der Waals surface area (Å²) in [5.74, 6) is -0.557. The molecule has 0 atom stereocenters. The molecule has 1 aromatic heterocycles. The van der Waals surface area contributed by atoms with Crippen LogP contribution in [-0.4, -0.2) is 19.3 Å². The third-order valence-electron chi connectivity index (χ3n) is 3.10. The molecular formula is C15H13N3O3S2. The van der Waals surface area contributed by atoms with E-state index in [0.717, 1.165) is 10.2 Å². The van der Waals surface area contributed by atoms with E-state index in [0.29, 0.717) is 16.3 Å². The van der Waals surface area contributed by atoms with E-state index in [1.165, 1.54) is 11.3 Å². The van der Waals surface area contributed by atoms with Crippen molar-refractivity contribution >= 4 is 42.6 Å².